The van der Waals surface area contributed by atoms with Gasteiger partial charge in [0.25, 0.3) is 0 Å². The number of pyridine rings is 1. The van der Waals surface area contributed by atoms with Crippen molar-refractivity contribution in [2.24, 2.45) is 0 Å². The van der Waals surface area contributed by atoms with Crippen LogP contribution in [0.5, 0.6) is 5.88 Å². The molecular formula is C11H13N3O3. The van der Waals surface area contributed by atoms with Crippen molar-refractivity contribution >= 4 is 17.5 Å². The molecule has 0 aromatic carbocycles. The molecule has 1 aromatic rings. The Morgan fingerprint density at radius 2 is 2.29 bits per heavy atom. The monoisotopic (exact) mass is 235 g/mol. The molecule has 1 aromatic heterocycles. The van der Waals surface area contributed by atoms with E-state index >= 15 is 0 Å². The van der Waals surface area contributed by atoms with Gasteiger partial charge in [-0.05, 0) is 12.1 Å². The first-order valence-electron chi connectivity index (χ1n) is 4.88. The van der Waals surface area contributed by atoms with Crippen LogP contribution in [-0.2, 0) is 9.59 Å². The van der Waals surface area contributed by atoms with Gasteiger partial charge in [-0.25, -0.2) is 4.98 Å². The first-order chi connectivity index (χ1) is 8.19. The van der Waals surface area contributed by atoms with E-state index in [1.165, 1.54) is 19.4 Å². The van der Waals surface area contributed by atoms with Gasteiger partial charge < -0.3 is 15.4 Å². The quantitative estimate of drug-likeness (QED) is 0.582. The molecule has 0 saturated carbocycles. The van der Waals surface area contributed by atoms with E-state index in [-0.39, 0.29) is 12.4 Å². The number of nitrogens with zero attached hydrogens (tertiary/aromatic N) is 1. The number of rotatable bonds is 4. The highest BCUT2D eigenvalue weighted by molar-refractivity contribution is 6.39. The Labute approximate surface area is 98.7 Å². The van der Waals surface area contributed by atoms with Gasteiger partial charge in [-0.15, -0.1) is 6.58 Å². The van der Waals surface area contributed by atoms with Crippen molar-refractivity contribution in [2.45, 2.75) is 0 Å². The maximum atomic E-state index is 11.4. The second-order valence-corrected chi connectivity index (χ2v) is 3.01. The lowest BCUT2D eigenvalue weighted by molar-refractivity contribution is -0.136. The van der Waals surface area contributed by atoms with Crippen LogP contribution >= 0.6 is 0 Å². The van der Waals surface area contributed by atoms with E-state index < -0.39 is 11.8 Å². The molecule has 2 N–H and O–H groups in total. The van der Waals surface area contributed by atoms with Gasteiger partial charge in [0.1, 0.15) is 5.69 Å². The number of nitrogens with one attached hydrogen (secondary N) is 2. The molecule has 1 rings (SSSR count). The summed E-state index contributed by atoms with van der Waals surface area (Å²) in [5.74, 6) is -1.27. The Morgan fingerprint density at radius 3 is 2.94 bits per heavy atom. The third-order valence-corrected chi connectivity index (χ3v) is 1.83. The van der Waals surface area contributed by atoms with Crippen LogP contribution in [0.4, 0.5) is 5.69 Å². The topological polar surface area (TPSA) is 80.3 Å². The second-order valence-electron chi connectivity index (χ2n) is 3.01. The molecule has 2 amide bonds. The van der Waals surface area contributed by atoms with Gasteiger partial charge >= 0.3 is 11.8 Å². The van der Waals surface area contributed by atoms with E-state index in [2.05, 4.69) is 22.2 Å². The Hall–Kier alpha value is -2.37. The fourth-order valence-corrected chi connectivity index (χ4v) is 1.07. The number of anilines is 1. The number of carbonyl (C=O) groups excluding carboxylic acids is 2. The van der Waals surface area contributed by atoms with Gasteiger partial charge in [-0.2, -0.15) is 0 Å². The van der Waals surface area contributed by atoms with Crippen molar-refractivity contribution in [1.29, 1.82) is 0 Å². The zero-order valence-corrected chi connectivity index (χ0v) is 9.40. The molecule has 17 heavy (non-hydrogen) atoms. The summed E-state index contributed by atoms with van der Waals surface area (Å²) in [4.78, 5) is 26.6. The van der Waals surface area contributed by atoms with Crippen LogP contribution in [0.15, 0.2) is 31.0 Å². The highest BCUT2D eigenvalue weighted by Crippen LogP contribution is 2.19. The summed E-state index contributed by atoms with van der Waals surface area (Å²) < 4.78 is 4.93. The van der Waals surface area contributed by atoms with Gasteiger partial charge in [0.15, 0.2) is 0 Å². The first-order valence-corrected chi connectivity index (χ1v) is 4.88. The number of hydrogen-bond acceptors (Lipinski definition) is 4. The summed E-state index contributed by atoms with van der Waals surface area (Å²) in [5, 5.41) is 4.76. The van der Waals surface area contributed by atoms with Crippen LogP contribution in [0.3, 0.4) is 0 Å². The minimum absolute atomic E-state index is 0.233. The number of methoxy groups -OCH3 is 1. The van der Waals surface area contributed by atoms with Gasteiger partial charge in [-0.1, -0.05) is 6.08 Å². The van der Waals surface area contributed by atoms with Crippen molar-refractivity contribution in [1.82, 2.24) is 10.3 Å². The van der Waals surface area contributed by atoms with Crippen molar-refractivity contribution in [2.75, 3.05) is 19.0 Å². The Bertz CT molecular complexity index is 432. The van der Waals surface area contributed by atoms with Gasteiger partial charge in [0.2, 0.25) is 5.88 Å². The van der Waals surface area contributed by atoms with Crippen molar-refractivity contribution in [3.05, 3.63) is 31.0 Å². The molecule has 0 spiro atoms. The molecular weight excluding hydrogens is 222 g/mol. The number of ether oxygens (including phenoxy) is 1. The number of carbonyl (C=O) groups is 2. The average molecular weight is 235 g/mol. The number of hydrogen-bond donors (Lipinski definition) is 2. The highest BCUT2D eigenvalue weighted by Gasteiger charge is 2.14. The van der Waals surface area contributed by atoms with Crippen LogP contribution in [0.1, 0.15) is 0 Å². The van der Waals surface area contributed by atoms with E-state index in [1.54, 1.807) is 12.1 Å². The molecule has 6 nitrogen and oxygen atoms in total. The zero-order valence-electron chi connectivity index (χ0n) is 9.40. The molecule has 0 saturated heterocycles. The Morgan fingerprint density at radius 1 is 1.53 bits per heavy atom. The van der Waals surface area contributed by atoms with Crippen molar-refractivity contribution in [3.63, 3.8) is 0 Å². The minimum atomic E-state index is -0.779. The molecule has 0 aliphatic rings. The fraction of sp³-hybridized carbons (Fsp3) is 0.182. The molecule has 0 aliphatic heterocycles. The summed E-state index contributed by atoms with van der Waals surface area (Å²) in [6.45, 7) is 3.66. The highest BCUT2D eigenvalue weighted by atomic mass is 16.5. The van der Waals surface area contributed by atoms with Gasteiger partial charge in [0, 0.05) is 12.7 Å². The second kappa shape index (κ2) is 6.26. The molecule has 0 atom stereocenters. The lowest BCUT2D eigenvalue weighted by atomic mass is 10.4. The van der Waals surface area contributed by atoms with Crippen molar-refractivity contribution < 1.29 is 14.3 Å². The Balaban J connectivity index is 2.67. The summed E-state index contributed by atoms with van der Waals surface area (Å²) in [6, 6.07) is 3.21. The van der Waals surface area contributed by atoms with Crippen LogP contribution < -0.4 is 15.4 Å². The maximum absolute atomic E-state index is 11.4. The van der Waals surface area contributed by atoms with E-state index in [0.29, 0.717) is 5.69 Å². The predicted octanol–water partition coefficient (Wildman–Crippen LogP) is 0.331. The van der Waals surface area contributed by atoms with Gasteiger partial charge in [-0.3, -0.25) is 9.59 Å². The molecule has 0 unspecified atom stereocenters. The van der Waals surface area contributed by atoms with Crippen LogP contribution in [0.2, 0.25) is 0 Å². The third kappa shape index (κ3) is 3.60. The molecule has 6 heteroatoms. The van der Waals surface area contributed by atoms with Crippen LogP contribution in [-0.4, -0.2) is 30.5 Å². The smallest absolute Gasteiger partial charge is 0.313 e. The first kappa shape index (κ1) is 12.7. The number of aromatic nitrogens is 1. The molecule has 90 valence electrons. The largest absolute Gasteiger partial charge is 0.480 e. The summed E-state index contributed by atoms with van der Waals surface area (Å²) in [7, 11) is 1.43. The van der Waals surface area contributed by atoms with E-state index in [4.69, 9.17) is 4.74 Å². The third-order valence-electron chi connectivity index (χ3n) is 1.83. The van der Waals surface area contributed by atoms with Gasteiger partial charge in [0.05, 0.1) is 7.11 Å². The lowest BCUT2D eigenvalue weighted by Crippen LogP contribution is -2.35. The van der Waals surface area contributed by atoms with E-state index in [1.807, 2.05) is 0 Å². The average Bonchev–Trinajstić information content (AvgIpc) is 2.36. The Kier molecular flexibility index (Phi) is 4.68. The number of amides is 2. The van der Waals surface area contributed by atoms with Crippen LogP contribution in [0, 0.1) is 0 Å². The maximum Gasteiger partial charge on any atom is 0.313 e. The summed E-state index contributed by atoms with van der Waals surface area (Å²) in [5.41, 5.74) is 0.341. The standard InChI is InChI=1S/C11H13N3O3/c1-3-6-12-9(15)10(16)14-8-5-4-7-13-11(8)17-2/h3-5,7H,1,6H2,2H3,(H,12,15)(H,14,16). The van der Waals surface area contributed by atoms with E-state index in [0.717, 1.165) is 0 Å². The van der Waals surface area contributed by atoms with Crippen LogP contribution in [0.25, 0.3) is 0 Å². The molecule has 1 heterocycles. The summed E-state index contributed by atoms with van der Waals surface area (Å²) >= 11 is 0. The molecule has 0 radical (unpaired) electrons. The molecule has 0 aliphatic carbocycles. The predicted molar refractivity (Wildman–Crippen MR) is 62.6 cm³/mol. The fourth-order valence-electron chi connectivity index (χ4n) is 1.07. The van der Waals surface area contributed by atoms with E-state index in [9.17, 15) is 9.59 Å². The molecule has 0 fully saturated rings. The zero-order chi connectivity index (χ0) is 12.7. The summed E-state index contributed by atoms with van der Waals surface area (Å²) in [6.07, 6.45) is 3.00. The minimum Gasteiger partial charge on any atom is -0.480 e. The normalized spacial score (nSPS) is 9.24. The molecule has 0 bridgehead atoms. The van der Waals surface area contributed by atoms with Crippen molar-refractivity contribution in [3.8, 4) is 5.88 Å². The SMILES string of the molecule is C=CCNC(=O)C(=O)Nc1cccnc1OC. The lowest BCUT2D eigenvalue weighted by Gasteiger charge is -2.08.